The first-order chi connectivity index (χ1) is 7.15. The van der Waals surface area contributed by atoms with E-state index in [2.05, 4.69) is 15.9 Å². The van der Waals surface area contributed by atoms with Crippen LogP contribution in [0.5, 0.6) is 0 Å². The first-order valence-electron chi connectivity index (χ1n) is 5.05. The summed E-state index contributed by atoms with van der Waals surface area (Å²) < 4.78 is 13.6. The highest BCUT2D eigenvalue weighted by Crippen LogP contribution is 2.25. The zero-order valence-corrected chi connectivity index (χ0v) is 11.4. The van der Waals surface area contributed by atoms with E-state index < -0.39 is 0 Å². The van der Waals surface area contributed by atoms with Crippen LogP contribution in [0.3, 0.4) is 0 Å². The maximum absolute atomic E-state index is 12.8. The zero-order chi connectivity index (χ0) is 11.3. The van der Waals surface area contributed by atoms with E-state index in [-0.39, 0.29) is 24.3 Å². The van der Waals surface area contributed by atoms with E-state index >= 15 is 0 Å². The van der Waals surface area contributed by atoms with Crippen LogP contribution in [-0.2, 0) is 0 Å². The first kappa shape index (κ1) is 15.8. The molecule has 4 N–H and O–H groups in total. The molecule has 2 nitrogen and oxygen atoms in total. The van der Waals surface area contributed by atoms with Gasteiger partial charge in [-0.15, -0.1) is 12.4 Å². The summed E-state index contributed by atoms with van der Waals surface area (Å²) in [6.07, 6.45) is 2.86. The molecule has 1 rings (SSSR count). The summed E-state index contributed by atoms with van der Waals surface area (Å²) in [6.45, 7) is 0.692. The van der Waals surface area contributed by atoms with E-state index in [1.54, 1.807) is 6.07 Å². The highest BCUT2D eigenvalue weighted by molar-refractivity contribution is 9.10. The van der Waals surface area contributed by atoms with Gasteiger partial charge >= 0.3 is 0 Å². The highest BCUT2D eigenvalue weighted by atomic mass is 79.9. The molecule has 0 aliphatic rings. The van der Waals surface area contributed by atoms with E-state index in [1.807, 2.05) is 0 Å². The Morgan fingerprint density at radius 3 is 2.56 bits per heavy atom. The van der Waals surface area contributed by atoms with Crippen molar-refractivity contribution in [3.63, 3.8) is 0 Å². The smallest absolute Gasteiger partial charge is 0.124 e. The SMILES string of the molecule is Cl.NCCCC[C@@H](N)c1ccc(F)cc1Br. The second-order valence-corrected chi connectivity index (χ2v) is 4.41. The fourth-order valence-corrected chi connectivity index (χ4v) is 2.11. The molecule has 0 saturated heterocycles. The average Bonchev–Trinajstić information content (AvgIpc) is 2.17. The van der Waals surface area contributed by atoms with Crippen LogP contribution in [0.4, 0.5) is 4.39 Å². The highest BCUT2D eigenvalue weighted by Gasteiger charge is 2.09. The van der Waals surface area contributed by atoms with Crippen LogP contribution in [0.1, 0.15) is 30.9 Å². The van der Waals surface area contributed by atoms with Gasteiger partial charge in [0.25, 0.3) is 0 Å². The second-order valence-electron chi connectivity index (χ2n) is 3.56. The van der Waals surface area contributed by atoms with Crippen molar-refractivity contribution in [2.75, 3.05) is 6.54 Å². The Kier molecular flexibility index (Phi) is 7.93. The summed E-state index contributed by atoms with van der Waals surface area (Å²) in [4.78, 5) is 0. The minimum absolute atomic E-state index is 0. The molecule has 5 heteroatoms. The number of hydrogen-bond donors (Lipinski definition) is 2. The first-order valence-corrected chi connectivity index (χ1v) is 5.85. The molecule has 0 aliphatic heterocycles. The Labute approximate surface area is 110 Å². The number of benzene rings is 1. The molecule has 0 fully saturated rings. The van der Waals surface area contributed by atoms with Crippen LogP contribution in [0.2, 0.25) is 0 Å². The second kappa shape index (κ2) is 8.01. The van der Waals surface area contributed by atoms with Crippen LogP contribution in [0.15, 0.2) is 22.7 Å². The zero-order valence-electron chi connectivity index (χ0n) is 8.96. The van der Waals surface area contributed by atoms with Crippen molar-refractivity contribution in [2.45, 2.75) is 25.3 Å². The Morgan fingerprint density at radius 1 is 1.31 bits per heavy atom. The normalized spacial score (nSPS) is 12.0. The van der Waals surface area contributed by atoms with Crippen molar-refractivity contribution < 1.29 is 4.39 Å². The molecule has 1 aromatic carbocycles. The summed E-state index contributed by atoms with van der Waals surface area (Å²) in [5.74, 6) is -0.250. The van der Waals surface area contributed by atoms with Gasteiger partial charge in [-0.05, 0) is 37.1 Å². The van der Waals surface area contributed by atoms with Crippen molar-refractivity contribution in [3.05, 3.63) is 34.1 Å². The van der Waals surface area contributed by atoms with Crippen LogP contribution >= 0.6 is 28.3 Å². The predicted molar refractivity (Wildman–Crippen MR) is 71.2 cm³/mol. The molecule has 92 valence electrons. The molecule has 0 bridgehead atoms. The van der Waals surface area contributed by atoms with Gasteiger partial charge in [-0.25, -0.2) is 4.39 Å². The van der Waals surface area contributed by atoms with Crippen molar-refractivity contribution in [1.29, 1.82) is 0 Å². The molecule has 0 saturated carbocycles. The lowest BCUT2D eigenvalue weighted by Gasteiger charge is -2.13. The molecule has 16 heavy (non-hydrogen) atoms. The minimum atomic E-state index is -0.250. The van der Waals surface area contributed by atoms with Crippen LogP contribution in [0.25, 0.3) is 0 Å². The summed E-state index contributed by atoms with van der Waals surface area (Å²) in [6, 6.07) is 4.56. The summed E-state index contributed by atoms with van der Waals surface area (Å²) in [5, 5.41) is 0. The summed E-state index contributed by atoms with van der Waals surface area (Å²) >= 11 is 3.31. The lowest BCUT2D eigenvalue weighted by molar-refractivity contribution is 0.584. The van der Waals surface area contributed by atoms with E-state index in [0.29, 0.717) is 6.54 Å². The van der Waals surface area contributed by atoms with Gasteiger partial charge < -0.3 is 11.5 Å². The third-order valence-electron chi connectivity index (χ3n) is 2.33. The Balaban J connectivity index is 0.00000225. The van der Waals surface area contributed by atoms with E-state index in [9.17, 15) is 4.39 Å². The minimum Gasteiger partial charge on any atom is -0.330 e. The average molecular weight is 312 g/mol. The fourth-order valence-electron chi connectivity index (χ4n) is 1.47. The third-order valence-corrected chi connectivity index (χ3v) is 3.02. The van der Waals surface area contributed by atoms with Crippen molar-refractivity contribution in [1.82, 2.24) is 0 Å². The molecule has 0 aliphatic carbocycles. The third kappa shape index (κ3) is 4.78. The molecule has 1 aromatic rings. The van der Waals surface area contributed by atoms with Gasteiger partial charge in [-0.2, -0.15) is 0 Å². The molecular weight excluding hydrogens is 294 g/mol. The van der Waals surface area contributed by atoms with Gasteiger partial charge in [0.1, 0.15) is 5.82 Å². The standard InChI is InChI=1S/C11H16BrFN2.ClH/c12-10-7-8(13)4-5-9(10)11(15)3-1-2-6-14;/h4-5,7,11H,1-3,6,14-15H2;1H/t11-;/m1./s1. The molecular formula is C11H17BrClFN2. The molecule has 1 atom stereocenters. The monoisotopic (exact) mass is 310 g/mol. The van der Waals surface area contributed by atoms with Crippen LogP contribution < -0.4 is 11.5 Å². The molecule has 0 heterocycles. The maximum atomic E-state index is 12.8. The molecule has 0 radical (unpaired) electrons. The van der Waals surface area contributed by atoms with Crippen LogP contribution in [0, 0.1) is 5.82 Å². The molecule has 0 amide bonds. The number of nitrogens with two attached hydrogens (primary N) is 2. The summed E-state index contributed by atoms with van der Waals surface area (Å²) in [7, 11) is 0. The van der Waals surface area contributed by atoms with Gasteiger partial charge in [0.15, 0.2) is 0 Å². The van der Waals surface area contributed by atoms with Gasteiger partial charge in [0, 0.05) is 10.5 Å². The van der Waals surface area contributed by atoms with Gasteiger partial charge in [-0.3, -0.25) is 0 Å². The number of halogens is 3. The quantitative estimate of drug-likeness (QED) is 0.821. The van der Waals surface area contributed by atoms with Crippen molar-refractivity contribution in [2.24, 2.45) is 11.5 Å². The van der Waals surface area contributed by atoms with Crippen molar-refractivity contribution in [3.8, 4) is 0 Å². The van der Waals surface area contributed by atoms with Crippen molar-refractivity contribution >= 4 is 28.3 Å². The predicted octanol–water partition coefficient (Wildman–Crippen LogP) is 3.14. The van der Waals surface area contributed by atoms with E-state index in [4.69, 9.17) is 11.5 Å². The van der Waals surface area contributed by atoms with Gasteiger partial charge in [-0.1, -0.05) is 28.4 Å². The van der Waals surface area contributed by atoms with Gasteiger partial charge in [0.05, 0.1) is 0 Å². The summed E-state index contributed by atoms with van der Waals surface area (Å²) in [5.41, 5.74) is 12.3. The molecule has 0 unspecified atom stereocenters. The topological polar surface area (TPSA) is 52.0 Å². The Hall–Kier alpha value is -0.160. The molecule has 0 spiro atoms. The number of unbranched alkanes of at least 4 members (excludes halogenated alkanes) is 1. The molecule has 0 aromatic heterocycles. The number of rotatable bonds is 5. The maximum Gasteiger partial charge on any atom is 0.124 e. The largest absolute Gasteiger partial charge is 0.330 e. The lowest BCUT2D eigenvalue weighted by atomic mass is 10.0. The Bertz CT molecular complexity index is 323. The fraction of sp³-hybridized carbons (Fsp3) is 0.455. The Morgan fingerprint density at radius 2 is 2.00 bits per heavy atom. The van der Waals surface area contributed by atoms with E-state index in [0.717, 1.165) is 29.3 Å². The lowest BCUT2D eigenvalue weighted by Crippen LogP contribution is -2.11. The van der Waals surface area contributed by atoms with Gasteiger partial charge in [0.2, 0.25) is 0 Å². The van der Waals surface area contributed by atoms with E-state index in [1.165, 1.54) is 12.1 Å². The number of hydrogen-bond acceptors (Lipinski definition) is 2. The van der Waals surface area contributed by atoms with Crippen LogP contribution in [-0.4, -0.2) is 6.54 Å².